The summed E-state index contributed by atoms with van der Waals surface area (Å²) in [4.78, 5) is 12.7. The summed E-state index contributed by atoms with van der Waals surface area (Å²) >= 11 is 0. The van der Waals surface area contributed by atoms with Crippen LogP contribution in [0.15, 0.2) is 36.4 Å². The van der Waals surface area contributed by atoms with Crippen molar-refractivity contribution >= 4 is 21.6 Å². The van der Waals surface area contributed by atoms with Crippen molar-refractivity contribution in [3.63, 3.8) is 0 Å². The fourth-order valence-electron chi connectivity index (χ4n) is 3.14. The molecule has 5 nitrogen and oxygen atoms in total. The van der Waals surface area contributed by atoms with Crippen LogP contribution < -0.4 is 9.62 Å². The van der Waals surface area contributed by atoms with E-state index >= 15 is 0 Å². The van der Waals surface area contributed by atoms with Crippen LogP contribution in [0.2, 0.25) is 0 Å². The van der Waals surface area contributed by atoms with Crippen molar-refractivity contribution in [1.82, 2.24) is 5.32 Å². The Morgan fingerprint density at radius 3 is 2.21 bits per heavy atom. The van der Waals surface area contributed by atoms with Crippen molar-refractivity contribution in [3.05, 3.63) is 64.2 Å². The van der Waals surface area contributed by atoms with Gasteiger partial charge in [-0.3, -0.25) is 9.10 Å². The molecule has 2 aromatic rings. The molecule has 0 spiro atoms. The van der Waals surface area contributed by atoms with E-state index in [0.717, 1.165) is 29.4 Å². The standard InChI is InChI=1S/C22H30N2O3S/c1-7-20(19-11-10-16(3)18(5)13-19)23-22(25)14-24(28(6,26)27)21-12-15(2)8-9-17(21)4/h8-13,20H,7,14H2,1-6H3,(H,23,25)/t20-/m1/s1. The Hall–Kier alpha value is -2.34. The molecule has 0 saturated heterocycles. The van der Waals surface area contributed by atoms with Crippen LogP contribution in [0, 0.1) is 27.7 Å². The second-order valence-electron chi connectivity index (χ2n) is 7.43. The predicted octanol–water partition coefficient (Wildman–Crippen LogP) is 3.95. The van der Waals surface area contributed by atoms with Crippen LogP contribution in [0.3, 0.4) is 0 Å². The first-order valence-electron chi connectivity index (χ1n) is 9.44. The Labute approximate surface area is 168 Å². The Bertz CT molecular complexity index is 968. The maximum Gasteiger partial charge on any atom is 0.241 e. The van der Waals surface area contributed by atoms with Crippen LogP contribution >= 0.6 is 0 Å². The van der Waals surface area contributed by atoms with E-state index in [1.54, 1.807) is 6.07 Å². The van der Waals surface area contributed by atoms with E-state index < -0.39 is 10.0 Å². The fourth-order valence-corrected chi connectivity index (χ4v) is 4.05. The molecule has 28 heavy (non-hydrogen) atoms. The molecule has 2 aromatic carbocycles. The van der Waals surface area contributed by atoms with Gasteiger partial charge in [0.1, 0.15) is 6.54 Å². The van der Waals surface area contributed by atoms with Gasteiger partial charge in [0, 0.05) is 0 Å². The number of amides is 1. The third-order valence-corrected chi connectivity index (χ3v) is 6.12. The number of carbonyl (C=O) groups is 1. The third kappa shape index (κ3) is 5.35. The lowest BCUT2D eigenvalue weighted by Crippen LogP contribution is -2.41. The minimum absolute atomic E-state index is 0.160. The van der Waals surface area contributed by atoms with Crippen LogP contribution in [0.1, 0.15) is 47.2 Å². The third-order valence-electron chi connectivity index (χ3n) is 5.00. The number of benzene rings is 2. The van der Waals surface area contributed by atoms with E-state index in [1.807, 2.05) is 58.9 Å². The highest BCUT2D eigenvalue weighted by Crippen LogP contribution is 2.24. The zero-order chi connectivity index (χ0) is 21.1. The predicted molar refractivity (Wildman–Crippen MR) is 115 cm³/mol. The highest BCUT2D eigenvalue weighted by atomic mass is 32.2. The summed E-state index contributed by atoms with van der Waals surface area (Å²) in [5.74, 6) is -0.323. The van der Waals surface area contributed by atoms with Gasteiger partial charge in [-0.25, -0.2) is 8.42 Å². The van der Waals surface area contributed by atoms with Gasteiger partial charge in [0.05, 0.1) is 18.0 Å². The monoisotopic (exact) mass is 402 g/mol. The first-order chi connectivity index (χ1) is 13.0. The van der Waals surface area contributed by atoms with Gasteiger partial charge in [-0.2, -0.15) is 0 Å². The molecule has 0 aliphatic rings. The summed E-state index contributed by atoms with van der Waals surface area (Å²) in [5.41, 5.74) is 5.68. The number of anilines is 1. The summed E-state index contributed by atoms with van der Waals surface area (Å²) in [5, 5.41) is 2.99. The minimum atomic E-state index is -3.60. The quantitative estimate of drug-likeness (QED) is 0.762. The number of rotatable bonds is 7. The average molecular weight is 403 g/mol. The van der Waals surface area contributed by atoms with Crippen LogP contribution in [0.5, 0.6) is 0 Å². The molecule has 152 valence electrons. The van der Waals surface area contributed by atoms with Crippen molar-refractivity contribution in [1.29, 1.82) is 0 Å². The highest BCUT2D eigenvalue weighted by Gasteiger charge is 2.24. The zero-order valence-electron chi connectivity index (χ0n) is 17.5. The van der Waals surface area contributed by atoms with Crippen LogP contribution in [0.25, 0.3) is 0 Å². The normalized spacial score (nSPS) is 12.5. The van der Waals surface area contributed by atoms with E-state index in [4.69, 9.17) is 0 Å². The van der Waals surface area contributed by atoms with Gasteiger partial charge in [0.15, 0.2) is 0 Å². The molecule has 1 atom stereocenters. The summed E-state index contributed by atoms with van der Waals surface area (Å²) < 4.78 is 25.9. The molecule has 0 aliphatic carbocycles. The van der Waals surface area contributed by atoms with Gasteiger partial charge >= 0.3 is 0 Å². The fraction of sp³-hybridized carbons (Fsp3) is 0.409. The Morgan fingerprint density at radius 2 is 1.64 bits per heavy atom. The number of hydrogen-bond acceptors (Lipinski definition) is 3. The first kappa shape index (κ1) is 22.0. The molecule has 0 heterocycles. The molecule has 0 radical (unpaired) electrons. The Kier molecular flexibility index (Phi) is 6.88. The van der Waals surface area contributed by atoms with Crippen LogP contribution in [-0.2, 0) is 14.8 Å². The van der Waals surface area contributed by atoms with E-state index in [2.05, 4.69) is 11.4 Å². The second-order valence-corrected chi connectivity index (χ2v) is 9.34. The molecule has 0 aromatic heterocycles. The van der Waals surface area contributed by atoms with E-state index in [1.165, 1.54) is 15.4 Å². The van der Waals surface area contributed by atoms with E-state index in [-0.39, 0.29) is 18.5 Å². The Balaban J connectivity index is 2.25. The molecule has 6 heteroatoms. The molecule has 0 aliphatic heterocycles. The lowest BCUT2D eigenvalue weighted by molar-refractivity contribution is -0.120. The zero-order valence-corrected chi connectivity index (χ0v) is 18.4. The molecule has 0 saturated carbocycles. The van der Waals surface area contributed by atoms with Crippen LogP contribution in [-0.4, -0.2) is 27.1 Å². The van der Waals surface area contributed by atoms with E-state index in [9.17, 15) is 13.2 Å². The number of sulfonamides is 1. The first-order valence-corrected chi connectivity index (χ1v) is 11.3. The molecule has 0 bridgehead atoms. The lowest BCUT2D eigenvalue weighted by Gasteiger charge is -2.26. The van der Waals surface area contributed by atoms with Gasteiger partial charge in [-0.05, 0) is 68.0 Å². The van der Waals surface area contributed by atoms with Gasteiger partial charge in [-0.1, -0.05) is 37.3 Å². The van der Waals surface area contributed by atoms with Crippen molar-refractivity contribution in [3.8, 4) is 0 Å². The van der Waals surface area contributed by atoms with Gasteiger partial charge < -0.3 is 5.32 Å². The number of nitrogens with zero attached hydrogens (tertiary/aromatic N) is 1. The smallest absolute Gasteiger partial charge is 0.241 e. The number of nitrogens with one attached hydrogen (secondary N) is 1. The van der Waals surface area contributed by atoms with Crippen molar-refractivity contribution in [2.45, 2.75) is 47.1 Å². The van der Waals surface area contributed by atoms with Crippen LogP contribution in [0.4, 0.5) is 5.69 Å². The second kappa shape index (κ2) is 8.78. The average Bonchev–Trinajstić information content (AvgIpc) is 2.61. The van der Waals surface area contributed by atoms with Crippen molar-refractivity contribution in [2.75, 3.05) is 17.1 Å². The van der Waals surface area contributed by atoms with Gasteiger partial charge in [0.25, 0.3) is 0 Å². The maximum absolute atomic E-state index is 12.7. The van der Waals surface area contributed by atoms with E-state index in [0.29, 0.717) is 5.69 Å². The lowest BCUT2D eigenvalue weighted by atomic mass is 9.99. The minimum Gasteiger partial charge on any atom is -0.348 e. The highest BCUT2D eigenvalue weighted by molar-refractivity contribution is 7.92. The topological polar surface area (TPSA) is 66.5 Å². The number of hydrogen-bond donors (Lipinski definition) is 1. The maximum atomic E-state index is 12.7. The molecular weight excluding hydrogens is 372 g/mol. The molecule has 0 unspecified atom stereocenters. The molecular formula is C22H30N2O3S. The van der Waals surface area contributed by atoms with Crippen molar-refractivity contribution < 1.29 is 13.2 Å². The number of aryl methyl sites for hydroxylation is 4. The Morgan fingerprint density at radius 1 is 1.00 bits per heavy atom. The summed E-state index contributed by atoms with van der Waals surface area (Å²) in [6, 6.07) is 11.5. The van der Waals surface area contributed by atoms with Gasteiger partial charge in [0.2, 0.25) is 15.9 Å². The SMILES string of the molecule is CC[C@@H](NC(=O)CN(c1cc(C)ccc1C)S(C)(=O)=O)c1ccc(C)c(C)c1. The summed E-state index contributed by atoms with van der Waals surface area (Å²) in [7, 11) is -3.60. The number of carbonyl (C=O) groups excluding carboxylic acids is 1. The van der Waals surface area contributed by atoms with Gasteiger partial charge in [-0.15, -0.1) is 0 Å². The molecule has 2 rings (SSSR count). The largest absolute Gasteiger partial charge is 0.348 e. The summed E-state index contributed by atoms with van der Waals surface area (Å²) in [6.45, 7) is 9.58. The molecule has 0 fully saturated rings. The van der Waals surface area contributed by atoms with Crippen molar-refractivity contribution in [2.24, 2.45) is 0 Å². The summed E-state index contributed by atoms with van der Waals surface area (Å²) in [6.07, 6.45) is 1.85. The molecule has 1 N–H and O–H groups in total. The molecule has 1 amide bonds.